The molecule has 0 aliphatic carbocycles. The Kier molecular flexibility index (Phi) is 3.32. The number of imidazole rings is 1. The molecule has 0 amide bonds. The number of aliphatic hydroxyl groups excluding tert-OH is 2. The van der Waals surface area contributed by atoms with Gasteiger partial charge in [0.15, 0.2) is 23.8 Å². The molecule has 21 heavy (non-hydrogen) atoms. The van der Waals surface area contributed by atoms with E-state index in [2.05, 4.69) is 27.6 Å². The van der Waals surface area contributed by atoms with Crippen LogP contribution in [0.2, 0.25) is 0 Å². The first-order valence-corrected chi connectivity index (χ1v) is 6.56. The summed E-state index contributed by atoms with van der Waals surface area (Å²) in [7, 11) is 0. The molecule has 2 aromatic rings. The van der Waals surface area contributed by atoms with Crippen LogP contribution < -0.4 is 5.73 Å². The Hall–Kier alpha value is -1.75. The van der Waals surface area contributed by atoms with E-state index in [1.807, 2.05) is 0 Å². The number of aromatic nitrogens is 4. The van der Waals surface area contributed by atoms with E-state index < -0.39 is 29.7 Å². The number of anilines is 1. The lowest BCUT2D eigenvalue weighted by atomic mass is 10.1. The molecule has 3 rings (SSSR count). The van der Waals surface area contributed by atoms with Gasteiger partial charge in [0.2, 0.25) is 5.12 Å². The Balaban J connectivity index is 2.07. The van der Waals surface area contributed by atoms with Gasteiger partial charge in [0.25, 0.3) is 0 Å². The summed E-state index contributed by atoms with van der Waals surface area (Å²) < 4.78 is 6.78. The number of rotatable bonds is 2. The second-order valence-electron chi connectivity index (χ2n) is 4.75. The number of aryl methyl sites for hydroxylation is 1. The van der Waals surface area contributed by atoms with Crippen molar-refractivity contribution in [1.82, 2.24) is 19.5 Å². The van der Waals surface area contributed by atoms with Gasteiger partial charge in [-0.15, -0.1) is 12.6 Å². The van der Waals surface area contributed by atoms with Gasteiger partial charge in [0, 0.05) is 0 Å². The van der Waals surface area contributed by atoms with Crippen molar-refractivity contribution in [2.45, 2.75) is 31.5 Å². The molecule has 112 valence electrons. The smallest absolute Gasteiger partial charge is 0.217 e. The molecule has 2 aromatic heterocycles. The average Bonchev–Trinajstić information content (AvgIpc) is 2.93. The van der Waals surface area contributed by atoms with Crippen molar-refractivity contribution in [3.8, 4) is 0 Å². The average molecular weight is 311 g/mol. The van der Waals surface area contributed by atoms with Crippen molar-refractivity contribution >= 4 is 34.7 Å². The fraction of sp³-hybridized carbons (Fsp3) is 0.455. The summed E-state index contributed by atoms with van der Waals surface area (Å²) >= 11 is 3.63. The molecular weight excluding hydrogens is 298 g/mol. The van der Waals surface area contributed by atoms with Crippen molar-refractivity contribution in [2.24, 2.45) is 0 Å². The number of aliphatic hydroxyl groups is 2. The van der Waals surface area contributed by atoms with E-state index in [4.69, 9.17) is 10.5 Å². The molecule has 1 saturated heterocycles. The van der Waals surface area contributed by atoms with Gasteiger partial charge in [-0.1, -0.05) is 0 Å². The van der Waals surface area contributed by atoms with Crippen LogP contribution in [-0.2, 0) is 9.53 Å². The number of nitrogen functional groups attached to an aromatic ring is 1. The quantitative estimate of drug-likeness (QED) is 0.507. The minimum Gasteiger partial charge on any atom is -0.387 e. The zero-order valence-electron chi connectivity index (χ0n) is 10.9. The molecule has 1 aliphatic rings. The number of thiol groups is 1. The molecule has 0 unspecified atom stereocenters. The predicted octanol–water partition coefficient (Wildman–Crippen LogP) is -1.21. The van der Waals surface area contributed by atoms with Gasteiger partial charge in [-0.2, -0.15) is 0 Å². The maximum atomic E-state index is 11.3. The van der Waals surface area contributed by atoms with Crippen LogP contribution in [0.25, 0.3) is 11.2 Å². The molecular formula is C11H13N5O4S. The van der Waals surface area contributed by atoms with Gasteiger partial charge in [0.05, 0.1) is 6.33 Å². The Morgan fingerprint density at radius 3 is 2.76 bits per heavy atom. The first kappa shape index (κ1) is 14.2. The van der Waals surface area contributed by atoms with Crippen LogP contribution in [0.5, 0.6) is 0 Å². The SMILES string of the molecule is Cc1nc(N)c2ncn([C@@H]3O[C@H](C(=O)S)[C@@H](O)[C@H]3O)c2n1. The fourth-order valence-corrected chi connectivity index (χ4v) is 2.54. The number of fused-ring (bicyclic) bond motifs is 1. The van der Waals surface area contributed by atoms with E-state index in [0.29, 0.717) is 17.0 Å². The summed E-state index contributed by atoms with van der Waals surface area (Å²) in [6, 6.07) is 0. The number of hydrogen-bond donors (Lipinski definition) is 4. The summed E-state index contributed by atoms with van der Waals surface area (Å²) in [5.74, 6) is 0.628. The van der Waals surface area contributed by atoms with Crippen LogP contribution in [0.1, 0.15) is 12.1 Å². The normalized spacial score (nSPS) is 29.1. The van der Waals surface area contributed by atoms with Gasteiger partial charge in [-0.05, 0) is 6.92 Å². The third-order valence-corrected chi connectivity index (χ3v) is 3.57. The Bertz CT molecular complexity index is 720. The molecule has 0 spiro atoms. The molecule has 0 saturated carbocycles. The summed E-state index contributed by atoms with van der Waals surface area (Å²) in [5, 5.41) is 19.2. The molecule has 3 heterocycles. The largest absolute Gasteiger partial charge is 0.387 e. The topological polar surface area (TPSA) is 136 Å². The van der Waals surface area contributed by atoms with Gasteiger partial charge < -0.3 is 20.7 Å². The van der Waals surface area contributed by atoms with E-state index in [1.54, 1.807) is 6.92 Å². The molecule has 4 atom stereocenters. The molecule has 0 bridgehead atoms. The number of nitrogens with zero attached hydrogens (tertiary/aromatic N) is 4. The van der Waals surface area contributed by atoms with E-state index in [1.165, 1.54) is 10.9 Å². The van der Waals surface area contributed by atoms with Gasteiger partial charge >= 0.3 is 0 Å². The van der Waals surface area contributed by atoms with Crippen molar-refractivity contribution < 1.29 is 19.7 Å². The van der Waals surface area contributed by atoms with Gasteiger partial charge in [-0.3, -0.25) is 9.36 Å². The van der Waals surface area contributed by atoms with Crippen LogP contribution in [0.15, 0.2) is 6.33 Å². The minimum absolute atomic E-state index is 0.200. The highest BCUT2D eigenvalue weighted by molar-refractivity contribution is 7.96. The Morgan fingerprint density at radius 2 is 2.14 bits per heavy atom. The highest BCUT2D eigenvalue weighted by atomic mass is 32.1. The van der Waals surface area contributed by atoms with E-state index in [9.17, 15) is 15.0 Å². The number of carbonyl (C=O) groups is 1. The first-order valence-electron chi connectivity index (χ1n) is 6.11. The van der Waals surface area contributed by atoms with Crippen molar-refractivity contribution in [1.29, 1.82) is 0 Å². The molecule has 1 fully saturated rings. The van der Waals surface area contributed by atoms with Crippen LogP contribution in [0, 0.1) is 6.92 Å². The third-order valence-electron chi connectivity index (χ3n) is 3.32. The second kappa shape index (κ2) is 4.91. The van der Waals surface area contributed by atoms with Gasteiger partial charge in [0.1, 0.15) is 23.5 Å². The number of nitrogens with two attached hydrogens (primary N) is 1. The zero-order chi connectivity index (χ0) is 15.3. The highest BCUT2D eigenvalue weighted by Crippen LogP contribution is 2.32. The van der Waals surface area contributed by atoms with Crippen LogP contribution >= 0.6 is 12.6 Å². The monoisotopic (exact) mass is 311 g/mol. The maximum absolute atomic E-state index is 11.3. The summed E-state index contributed by atoms with van der Waals surface area (Å²) in [4.78, 5) is 23.5. The molecule has 4 N–H and O–H groups in total. The van der Waals surface area contributed by atoms with E-state index >= 15 is 0 Å². The zero-order valence-corrected chi connectivity index (χ0v) is 11.8. The van der Waals surface area contributed by atoms with Crippen molar-refractivity contribution in [2.75, 3.05) is 5.73 Å². The first-order chi connectivity index (χ1) is 9.90. The standard InChI is InChI=1S/C11H13N5O4S/c1-3-14-8(12)4-9(15-3)16(2-13-4)10-6(18)5(17)7(20-10)11(19)21/h2,5-7,10,17-18H,1H3,(H,19,21)(H2,12,14,15)/t5-,6+,7-,10+/m0/s1. The number of ether oxygens (including phenoxy) is 1. The Morgan fingerprint density at radius 1 is 1.43 bits per heavy atom. The molecule has 0 aromatic carbocycles. The number of hydrogen-bond acceptors (Lipinski definition) is 8. The molecule has 1 aliphatic heterocycles. The van der Waals surface area contributed by atoms with E-state index in [-0.39, 0.29) is 5.82 Å². The van der Waals surface area contributed by atoms with Crippen LogP contribution in [0.4, 0.5) is 5.82 Å². The lowest BCUT2D eigenvalue weighted by Gasteiger charge is -2.16. The molecule has 0 radical (unpaired) electrons. The lowest BCUT2D eigenvalue weighted by Crippen LogP contribution is -2.34. The lowest BCUT2D eigenvalue weighted by molar-refractivity contribution is -0.126. The van der Waals surface area contributed by atoms with Gasteiger partial charge in [-0.25, -0.2) is 15.0 Å². The maximum Gasteiger partial charge on any atom is 0.217 e. The molecule has 10 heteroatoms. The minimum atomic E-state index is -1.38. The van der Waals surface area contributed by atoms with Crippen molar-refractivity contribution in [3.05, 3.63) is 12.2 Å². The third kappa shape index (κ3) is 2.16. The summed E-state index contributed by atoms with van der Waals surface area (Å²) in [6.07, 6.45) is -3.57. The highest BCUT2D eigenvalue weighted by Gasteiger charge is 2.46. The Labute approximate surface area is 124 Å². The summed E-state index contributed by atoms with van der Waals surface area (Å²) in [5.41, 5.74) is 6.46. The second-order valence-corrected chi connectivity index (χ2v) is 5.19. The van der Waals surface area contributed by atoms with E-state index in [0.717, 1.165) is 0 Å². The van der Waals surface area contributed by atoms with Crippen LogP contribution in [-0.4, -0.2) is 53.2 Å². The number of carbonyl (C=O) groups excluding carboxylic acids is 1. The van der Waals surface area contributed by atoms with Crippen LogP contribution in [0.3, 0.4) is 0 Å². The molecule has 9 nitrogen and oxygen atoms in total. The van der Waals surface area contributed by atoms with Crippen molar-refractivity contribution in [3.63, 3.8) is 0 Å². The summed E-state index contributed by atoms with van der Waals surface area (Å²) in [6.45, 7) is 1.66. The fourth-order valence-electron chi connectivity index (χ4n) is 2.33. The predicted molar refractivity (Wildman–Crippen MR) is 74.4 cm³/mol.